The summed E-state index contributed by atoms with van der Waals surface area (Å²) >= 11 is 0. The van der Waals surface area contributed by atoms with Gasteiger partial charge in [-0.1, -0.05) is 13.8 Å². The lowest BCUT2D eigenvalue weighted by Gasteiger charge is -2.33. The van der Waals surface area contributed by atoms with Gasteiger partial charge in [-0.3, -0.25) is 18.9 Å². The van der Waals surface area contributed by atoms with Gasteiger partial charge in [-0.2, -0.15) is 5.10 Å². The van der Waals surface area contributed by atoms with Crippen molar-refractivity contribution in [1.82, 2.24) is 29.0 Å². The van der Waals surface area contributed by atoms with Gasteiger partial charge in [0.25, 0.3) is 5.56 Å². The number of amides is 2. The summed E-state index contributed by atoms with van der Waals surface area (Å²) in [5.74, 6) is 1.06. The van der Waals surface area contributed by atoms with Crippen LogP contribution in [0.4, 0.5) is 10.6 Å². The maximum atomic E-state index is 13.4. The van der Waals surface area contributed by atoms with E-state index in [2.05, 4.69) is 15.1 Å². The molecular weight excluding hydrogens is 474 g/mol. The molecule has 1 aliphatic rings. The quantitative estimate of drug-likeness (QED) is 0.519. The first-order chi connectivity index (χ1) is 17.4. The summed E-state index contributed by atoms with van der Waals surface area (Å²) in [4.78, 5) is 49.8. The van der Waals surface area contributed by atoms with Gasteiger partial charge in [0.1, 0.15) is 35.6 Å². The predicted molar refractivity (Wildman–Crippen MR) is 139 cm³/mol. The van der Waals surface area contributed by atoms with Gasteiger partial charge in [-0.05, 0) is 57.2 Å². The van der Waals surface area contributed by atoms with Crippen LogP contribution in [-0.4, -0.2) is 66.8 Å². The summed E-state index contributed by atoms with van der Waals surface area (Å²) in [6, 6.07) is 3.53. The van der Waals surface area contributed by atoms with Gasteiger partial charge in [-0.25, -0.2) is 19.4 Å². The highest BCUT2D eigenvalue weighted by Crippen LogP contribution is 2.30. The number of hydrogen-bond acceptors (Lipinski definition) is 7. The van der Waals surface area contributed by atoms with Crippen LogP contribution < -0.4 is 10.5 Å². The second-order valence-corrected chi connectivity index (χ2v) is 10.8. The van der Waals surface area contributed by atoms with E-state index in [1.807, 2.05) is 51.3 Å². The van der Waals surface area contributed by atoms with Crippen LogP contribution >= 0.6 is 0 Å². The lowest BCUT2D eigenvalue weighted by Crippen LogP contribution is -2.41. The molecule has 1 fully saturated rings. The standard InChI is InChI=1S/C26H35N7O4/c1-17(2)23-29-33(15-22(34)30(6)21-7-10-27-16-28-21)24(35)20-13-19(14-32(20)23)18-8-11-31(12-9-18)25(36)37-26(3,4)5/h7,10,13-14,16-18H,8-9,11-12,15H2,1-6H3. The Balaban J connectivity index is 1.57. The second-order valence-electron chi connectivity index (χ2n) is 10.8. The van der Waals surface area contributed by atoms with E-state index in [9.17, 15) is 14.4 Å². The monoisotopic (exact) mass is 509 g/mol. The number of piperidine rings is 1. The smallest absolute Gasteiger partial charge is 0.410 e. The molecule has 0 bridgehead atoms. The molecule has 0 aromatic carbocycles. The number of rotatable bonds is 5. The molecule has 0 atom stereocenters. The average molecular weight is 510 g/mol. The van der Waals surface area contributed by atoms with Crippen LogP contribution in [0.1, 0.15) is 70.7 Å². The number of fused-ring (bicyclic) bond motifs is 1. The zero-order valence-corrected chi connectivity index (χ0v) is 22.3. The summed E-state index contributed by atoms with van der Waals surface area (Å²) in [6.07, 6.45) is 6.16. The van der Waals surface area contributed by atoms with Crippen LogP contribution in [0.2, 0.25) is 0 Å². The normalized spacial score (nSPS) is 14.8. The van der Waals surface area contributed by atoms with Gasteiger partial charge < -0.3 is 9.64 Å². The highest BCUT2D eigenvalue weighted by atomic mass is 16.6. The zero-order chi connectivity index (χ0) is 26.9. The highest BCUT2D eigenvalue weighted by Gasteiger charge is 2.29. The molecule has 0 saturated carbocycles. The Morgan fingerprint density at radius 3 is 2.51 bits per heavy atom. The van der Waals surface area contributed by atoms with Crippen molar-refractivity contribution >= 4 is 23.3 Å². The first kappa shape index (κ1) is 26.3. The summed E-state index contributed by atoms with van der Waals surface area (Å²) in [5.41, 5.74) is 0.665. The molecule has 0 aliphatic carbocycles. The van der Waals surface area contributed by atoms with Crippen molar-refractivity contribution in [2.75, 3.05) is 25.0 Å². The Bertz CT molecular complexity index is 1330. The van der Waals surface area contributed by atoms with Crippen molar-refractivity contribution in [3.63, 3.8) is 0 Å². The number of ether oxygens (including phenoxy) is 1. The first-order valence-electron chi connectivity index (χ1n) is 12.6. The summed E-state index contributed by atoms with van der Waals surface area (Å²) in [5, 5.41) is 4.56. The van der Waals surface area contributed by atoms with Gasteiger partial charge in [0, 0.05) is 38.4 Å². The molecule has 198 valence electrons. The van der Waals surface area contributed by atoms with Crippen molar-refractivity contribution in [2.24, 2.45) is 0 Å². The molecule has 0 radical (unpaired) electrons. The maximum absolute atomic E-state index is 13.4. The molecule has 11 heteroatoms. The average Bonchev–Trinajstić information content (AvgIpc) is 3.30. The summed E-state index contributed by atoms with van der Waals surface area (Å²) in [7, 11) is 1.61. The number of hydrogen-bond donors (Lipinski definition) is 0. The highest BCUT2D eigenvalue weighted by molar-refractivity contribution is 5.91. The van der Waals surface area contributed by atoms with Gasteiger partial charge in [0.05, 0.1) is 0 Å². The van der Waals surface area contributed by atoms with Gasteiger partial charge in [0.2, 0.25) is 5.91 Å². The molecule has 4 rings (SSSR count). The van der Waals surface area contributed by atoms with Gasteiger partial charge in [-0.15, -0.1) is 0 Å². The molecular formula is C26H35N7O4. The van der Waals surface area contributed by atoms with E-state index < -0.39 is 5.60 Å². The summed E-state index contributed by atoms with van der Waals surface area (Å²) < 4.78 is 8.59. The Hall–Kier alpha value is -3.76. The Morgan fingerprint density at radius 2 is 1.92 bits per heavy atom. The van der Waals surface area contributed by atoms with Crippen LogP contribution in [0.15, 0.2) is 35.6 Å². The van der Waals surface area contributed by atoms with E-state index in [0.29, 0.717) is 30.2 Å². The molecule has 0 N–H and O–H groups in total. The van der Waals surface area contributed by atoms with E-state index in [4.69, 9.17) is 4.74 Å². The first-order valence-corrected chi connectivity index (χ1v) is 12.6. The topological polar surface area (TPSA) is 115 Å². The molecule has 0 spiro atoms. The number of likely N-dealkylation sites (tertiary alicyclic amines) is 1. The molecule has 4 heterocycles. The largest absolute Gasteiger partial charge is 0.444 e. The van der Waals surface area contributed by atoms with Gasteiger partial charge >= 0.3 is 6.09 Å². The molecule has 2 amide bonds. The lowest BCUT2D eigenvalue weighted by molar-refractivity contribution is -0.119. The van der Waals surface area contributed by atoms with E-state index in [1.165, 1.54) is 15.9 Å². The fourth-order valence-electron chi connectivity index (χ4n) is 4.48. The molecule has 37 heavy (non-hydrogen) atoms. The Labute approximate surface area is 216 Å². The molecule has 1 saturated heterocycles. The minimum Gasteiger partial charge on any atom is -0.444 e. The minimum absolute atomic E-state index is 0.0262. The third-order valence-electron chi connectivity index (χ3n) is 6.47. The minimum atomic E-state index is -0.529. The van der Waals surface area contributed by atoms with Crippen LogP contribution in [0.5, 0.6) is 0 Å². The fourth-order valence-corrected chi connectivity index (χ4v) is 4.48. The van der Waals surface area contributed by atoms with Gasteiger partial charge in [0.15, 0.2) is 0 Å². The van der Waals surface area contributed by atoms with Crippen molar-refractivity contribution in [2.45, 2.75) is 71.4 Å². The fraction of sp³-hybridized carbons (Fsp3) is 0.538. The van der Waals surface area contributed by atoms with Crippen molar-refractivity contribution < 1.29 is 14.3 Å². The number of nitrogens with zero attached hydrogens (tertiary/aromatic N) is 7. The van der Waals surface area contributed by atoms with Crippen LogP contribution in [0.3, 0.4) is 0 Å². The summed E-state index contributed by atoms with van der Waals surface area (Å²) in [6.45, 7) is 10.6. The van der Waals surface area contributed by atoms with E-state index in [0.717, 1.165) is 18.4 Å². The van der Waals surface area contributed by atoms with Crippen LogP contribution in [-0.2, 0) is 16.1 Å². The molecule has 11 nitrogen and oxygen atoms in total. The van der Waals surface area contributed by atoms with E-state index in [-0.39, 0.29) is 35.9 Å². The van der Waals surface area contributed by atoms with Crippen LogP contribution in [0, 0.1) is 0 Å². The maximum Gasteiger partial charge on any atom is 0.410 e. The van der Waals surface area contributed by atoms with E-state index in [1.54, 1.807) is 24.2 Å². The van der Waals surface area contributed by atoms with Crippen molar-refractivity contribution in [3.8, 4) is 0 Å². The SMILES string of the molecule is CC(C)c1nn(CC(=O)N(C)c2ccncn2)c(=O)c2cc(C3CCN(C(=O)OC(C)(C)C)CC3)cn12. The lowest BCUT2D eigenvalue weighted by atomic mass is 9.91. The number of anilines is 1. The van der Waals surface area contributed by atoms with Crippen molar-refractivity contribution in [3.05, 3.63) is 52.6 Å². The Kier molecular flexibility index (Phi) is 7.33. The van der Waals surface area contributed by atoms with Crippen LogP contribution in [0.25, 0.3) is 5.52 Å². The van der Waals surface area contributed by atoms with E-state index >= 15 is 0 Å². The molecule has 3 aromatic heterocycles. The predicted octanol–water partition coefficient (Wildman–Crippen LogP) is 3.19. The number of carbonyl (C=O) groups is 2. The number of aromatic nitrogens is 5. The number of carbonyl (C=O) groups excluding carboxylic acids is 2. The zero-order valence-electron chi connectivity index (χ0n) is 22.3. The number of likely N-dealkylation sites (N-methyl/N-ethyl adjacent to an activating group) is 1. The molecule has 3 aromatic rings. The van der Waals surface area contributed by atoms with Crippen molar-refractivity contribution in [1.29, 1.82) is 0 Å². The molecule has 0 unspecified atom stereocenters. The second kappa shape index (κ2) is 10.3. The molecule has 1 aliphatic heterocycles. The third kappa shape index (κ3) is 5.81. The third-order valence-corrected chi connectivity index (χ3v) is 6.47. The Morgan fingerprint density at radius 1 is 1.22 bits per heavy atom.